The van der Waals surface area contributed by atoms with Gasteiger partial charge in [0.15, 0.2) is 5.69 Å². The number of anilines is 1. The second-order valence-corrected chi connectivity index (χ2v) is 4.39. The van der Waals surface area contributed by atoms with E-state index in [9.17, 15) is 4.79 Å². The van der Waals surface area contributed by atoms with Crippen LogP contribution in [0.2, 0.25) is 0 Å². The van der Waals surface area contributed by atoms with Crippen LogP contribution in [-0.4, -0.2) is 20.7 Å². The van der Waals surface area contributed by atoms with Crippen molar-refractivity contribution >= 4 is 22.5 Å². The number of carbonyl (C=O) groups excluding carboxylic acids is 1. The molecule has 2 aromatic heterocycles. The lowest BCUT2D eigenvalue weighted by Crippen LogP contribution is -2.13. The number of amides is 1. The molecule has 0 saturated carbocycles. The van der Waals surface area contributed by atoms with Gasteiger partial charge in [0.1, 0.15) is 0 Å². The van der Waals surface area contributed by atoms with E-state index >= 15 is 0 Å². The Kier molecular flexibility index (Phi) is 3.16. The average Bonchev–Trinajstić information content (AvgIpc) is 2.97. The Bertz CT molecular complexity index is 758. The van der Waals surface area contributed by atoms with Crippen molar-refractivity contribution in [1.82, 2.24) is 14.8 Å². The van der Waals surface area contributed by atoms with Crippen molar-refractivity contribution in [2.45, 2.75) is 13.5 Å². The molecule has 5 nitrogen and oxygen atoms in total. The molecule has 0 aliphatic rings. The zero-order chi connectivity index (χ0) is 13.9. The Labute approximate surface area is 116 Å². The third kappa shape index (κ3) is 2.25. The van der Waals surface area contributed by atoms with E-state index in [0.717, 1.165) is 23.1 Å². The zero-order valence-corrected chi connectivity index (χ0v) is 11.1. The monoisotopic (exact) mass is 266 g/mol. The summed E-state index contributed by atoms with van der Waals surface area (Å²) in [5.74, 6) is -0.214. The standard InChI is InChI=1S/C15H14N4O/c1-2-19-10-8-14(18-19)15(20)17-13-7-3-6-12-11(13)5-4-9-16-12/h3-10H,2H2,1H3,(H,17,20). The first-order chi connectivity index (χ1) is 9.78. The van der Waals surface area contributed by atoms with Crippen molar-refractivity contribution in [2.24, 2.45) is 0 Å². The van der Waals surface area contributed by atoms with Gasteiger partial charge in [0, 0.05) is 24.3 Å². The van der Waals surface area contributed by atoms with Crippen molar-refractivity contribution in [3.63, 3.8) is 0 Å². The van der Waals surface area contributed by atoms with Crippen molar-refractivity contribution in [3.8, 4) is 0 Å². The minimum atomic E-state index is -0.214. The molecule has 1 N–H and O–H groups in total. The first kappa shape index (κ1) is 12.3. The van der Waals surface area contributed by atoms with Gasteiger partial charge in [0.05, 0.1) is 11.2 Å². The SMILES string of the molecule is CCn1ccc(C(=O)Nc2cccc3ncccc23)n1. The Hall–Kier alpha value is -2.69. The fourth-order valence-electron chi connectivity index (χ4n) is 2.06. The van der Waals surface area contributed by atoms with Crippen LogP contribution >= 0.6 is 0 Å². The molecule has 1 aromatic carbocycles. The first-order valence-electron chi connectivity index (χ1n) is 6.46. The molecule has 0 atom stereocenters. The third-order valence-electron chi connectivity index (χ3n) is 3.09. The highest BCUT2D eigenvalue weighted by atomic mass is 16.1. The molecule has 5 heteroatoms. The molecule has 0 bridgehead atoms. The normalized spacial score (nSPS) is 10.7. The minimum Gasteiger partial charge on any atom is -0.320 e. The van der Waals surface area contributed by atoms with Crippen molar-refractivity contribution in [1.29, 1.82) is 0 Å². The predicted octanol–water partition coefficient (Wildman–Crippen LogP) is 2.70. The number of benzene rings is 1. The predicted molar refractivity (Wildman–Crippen MR) is 77.6 cm³/mol. The summed E-state index contributed by atoms with van der Waals surface area (Å²) in [6.07, 6.45) is 3.52. The van der Waals surface area contributed by atoms with Gasteiger partial charge in [-0.3, -0.25) is 14.5 Å². The number of nitrogens with one attached hydrogen (secondary N) is 1. The summed E-state index contributed by atoms with van der Waals surface area (Å²) in [5, 5.41) is 7.99. The Morgan fingerprint density at radius 3 is 2.95 bits per heavy atom. The molecule has 0 unspecified atom stereocenters. The molecular formula is C15H14N4O. The fourth-order valence-corrected chi connectivity index (χ4v) is 2.06. The van der Waals surface area contributed by atoms with E-state index in [1.54, 1.807) is 23.1 Å². The molecule has 0 radical (unpaired) electrons. The topological polar surface area (TPSA) is 59.8 Å². The lowest BCUT2D eigenvalue weighted by molar-refractivity contribution is 0.102. The molecule has 1 amide bonds. The molecule has 0 saturated heterocycles. The highest BCUT2D eigenvalue weighted by Crippen LogP contribution is 2.21. The highest BCUT2D eigenvalue weighted by molar-refractivity contribution is 6.07. The van der Waals surface area contributed by atoms with Gasteiger partial charge in [-0.15, -0.1) is 0 Å². The maximum Gasteiger partial charge on any atom is 0.276 e. The van der Waals surface area contributed by atoms with Crippen molar-refractivity contribution < 1.29 is 4.79 Å². The quantitative estimate of drug-likeness (QED) is 0.793. The molecule has 0 spiro atoms. The zero-order valence-electron chi connectivity index (χ0n) is 11.1. The highest BCUT2D eigenvalue weighted by Gasteiger charge is 2.11. The average molecular weight is 266 g/mol. The van der Waals surface area contributed by atoms with Gasteiger partial charge in [0.2, 0.25) is 0 Å². The molecule has 3 rings (SSSR count). The molecular weight excluding hydrogens is 252 g/mol. The van der Waals surface area contributed by atoms with Crippen molar-refractivity contribution in [2.75, 3.05) is 5.32 Å². The maximum atomic E-state index is 12.2. The van der Waals surface area contributed by atoms with Crippen LogP contribution in [0.3, 0.4) is 0 Å². The number of aromatic nitrogens is 3. The van der Waals surface area contributed by atoms with Gasteiger partial charge < -0.3 is 5.32 Å². The summed E-state index contributed by atoms with van der Waals surface area (Å²) >= 11 is 0. The van der Waals surface area contributed by atoms with Gasteiger partial charge in [-0.1, -0.05) is 6.07 Å². The number of rotatable bonds is 3. The van der Waals surface area contributed by atoms with Crippen LogP contribution in [0.25, 0.3) is 10.9 Å². The number of hydrogen-bond acceptors (Lipinski definition) is 3. The number of pyridine rings is 1. The van der Waals surface area contributed by atoms with E-state index in [0.29, 0.717) is 5.69 Å². The number of aryl methyl sites for hydroxylation is 1. The van der Waals surface area contributed by atoms with Crippen LogP contribution in [0.1, 0.15) is 17.4 Å². The number of carbonyl (C=O) groups is 1. The summed E-state index contributed by atoms with van der Waals surface area (Å²) in [4.78, 5) is 16.4. The fraction of sp³-hybridized carbons (Fsp3) is 0.133. The molecule has 20 heavy (non-hydrogen) atoms. The molecule has 0 fully saturated rings. The molecule has 2 heterocycles. The van der Waals surface area contributed by atoms with Crippen LogP contribution in [-0.2, 0) is 6.54 Å². The summed E-state index contributed by atoms with van der Waals surface area (Å²) in [6.45, 7) is 2.72. The summed E-state index contributed by atoms with van der Waals surface area (Å²) in [6, 6.07) is 11.1. The first-order valence-corrected chi connectivity index (χ1v) is 6.46. The van der Waals surface area contributed by atoms with Crippen LogP contribution < -0.4 is 5.32 Å². The second kappa shape index (κ2) is 5.13. The van der Waals surface area contributed by atoms with Gasteiger partial charge in [-0.05, 0) is 37.3 Å². The minimum absolute atomic E-state index is 0.214. The van der Waals surface area contributed by atoms with E-state index in [-0.39, 0.29) is 5.91 Å². The summed E-state index contributed by atoms with van der Waals surface area (Å²) in [5.41, 5.74) is 2.00. The van der Waals surface area contributed by atoms with Crippen LogP contribution in [0.4, 0.5) is 5.69 Å². The van der Waals surface area contributed by atoms with E-state index < -0.39 is 0 Å². The van der Waals surface area contributed by atoms with Crippen LogP contribution in [0, 0.1) is 0 Å². The number of nitrogens with zero attached hydrogens (tertiary/aromatic N) is 3. The van der Waals surface area contributed by atoms with Crippen LogP contribution in [0.15, 0.2) is 48.8 Å². The number of hydrogen-bond donors (Lipinski definition) is 1. The maximum absolute atomic E-state index is 12.2. The lowest BCUT2D eigenvalue weighted by Gasteiger charge is -2.06. The Balaban J connectivity index is 1.91. The molecule has 3 aromatic rings. The molecule has 100 valence electrons. The Morgan fingerprint density at radius 2 is 2.15 bits per heavy atom. The van der Waals surface area contributed by atoms with Gasteiger partial charge >= 0.3 is 0 Å². The van der Waals surface area contributed by atoms with Gasteiger partial charge in [-0.2, -0.15) is 5.10 Å². The molecule has 0 aliphatic carbocycles. The smallest absolute Gasteiger partial charge is 0.276 e. The Morgan fingerprint density at radius 1 is 1.25 bits per heavy atom. The summed E-state index contributed by atoms with van der Waals surface area (Å²) in [7, 11) is 0. The van der Waals surface area contributed by atoms with Crippen molar-refractivity contribution in [3.05, 3.63) is 54.5 Å². The van der Waals surface area contributed by atoms with Crippen LogP contribution in [0.5, 0.6) is 0 Å². The largest absolute Gasteiger partial charge is 0.320 e. The van der Waals surface area contributed by atoms with Gasteiger partial charge in [0.25, 0.3) is 5.91 Å². The number of fused-ring (bicyclic) bond motifs is 1. The van der Waals surface area contributed by atoms with E-state index in [1.165, 1.54) is 0 Å². The van der Waals surface area contributed by atoms with E-state index in [4.69, 9.17) is 0 Å². The second-order valence-electron chi connectivity index (χ2n) is 4.39. The van der Waals surface area contributed by atoms with Gasteiger partial charge in [-0.25, -0.2) is 0 Å². The third-order valence-corrected chi connectivity index (χ3v) is 3.09. The lowest BCUT2D eigenvalue weighted by atomic mass is 10.2. The van der Waals surface area contributed by atoms with E-state index in [2.05, 4.69) is 15.4 Å². The molecule has 0 aliphatic heterocycles. The summed E-state index contributed by atoms with van der Waals surface area (Å²) < 4.78 is 1.72. The van der Waals surface area contributed by atoms with E-state index in [1.807, 2.05) is 37.3 Å².